The van der Waals surface area contributed by atoms with Crippen LogP contribution in [0.5, 0.6) is 11.5 Å². The molecule has 0 bridgehead atoms. The van der Waals surface area contributed by atoms with Gasteiger partial charge in [-0.05, 0) is 62.9 Å². The summed E-state index contributed by atoms with van der Waals surface area (Å²) in [7, 11) is 1.20. The van der Waals surface area contributed by atoms with Crippen molar-refractivity contribution >= 4 is 12.1 Å². The van der Waals surface area contributed by atoms with Gasteiger partial charge in [-0.2, -0.15) is 0 Å². The van der Waals surface area contributed by atoms with Crippen molar-refractivity contribution in [3.63, 3.8) is 0 Å². The van der Waals surface area contributed by atoms with Crippen LogP contribution in [0.25, 0.3) is 11.1 Å². The third kappa shape index (κ3) is 5.59. The number of aryl methyl sites for hydroxylation is 1. The predicted molar refractivity (Wildman–Crippen MR) is 134 cm³/mol. The van der Waals surface area contributed by atoms with Crippen LogP contribution < -0.4 is 10.1 Å². The van der Waals surface area contributed by atoms with Crippen molar-refractivity contribution in [2.24, 2.45) is 0 Å². The maximum atomic E-state index is 14.6. The quantitative estimate of drug-likeness (QED) is 0.161. The summed E-state index contributed by atoms with van der Waals surface area (Å²) in [5.74, 6) is -11.1. The maximum absolute atomic E-state index is 14.6. The van der Waals surface area contributed by atoms with E-state index in [-0.39, 0.29) is 29.9 Å². The second-order valence-electron chi connectivity index (χ2n) is 10.4. The molecule has 1 unspecified atom stereocenters. The van der Waals surface area contributed by atoms with E-state index in [4.69, 9.17) is 14.2 Å². The summed E-state index contributed by atoms with van der Waals surface area (Å²) in [6, 6.07) is 10.2. The van der Waals surface area contributed by atoms with Gasteiger partial charge in [0.2, 0.25) is 5.82 Å². The van der Waals surface area contributed by atoms with Gasteiger partial charge in [-0.25, -0.2) is 31.5 Å². The van der Waals surface area contributed by atoms with Crippen molar-refractivity contribution in [2.75, 3.05) is 7.11 Å². The molecule has 1 aliphatic carbocycles. The molecule has 11 heteroatoms. The minimum atomic E-state index is -2.26. The molecule has 3 aromatic carbocycles. The Kier molecular flexibility index (Phi) is 7.78. The van der Waals surface area contributed by atoms with Crippen molar-refractivity contribution in [2.45, 2.75) is 51.2 Å². The Labute approximate surface area is 227 Å². The van der Waals surface area contributed by atoms with Gasteiger partial charge in [0.05, 0.1) is 12.7 Å². The topological polar surface area (TPSA) is 73.9 Å². The second kappa shape index (κ2) is 10.8. The molecule has 0 spiro atoms. The van der Waals surface area contributed by atoms with E-state index in [1.54, 1.807) is 39.0 Å². The molecule has 0 heterocycles. The molecular weight excluding hydrogens is 537 g/mol. The van der Waals surface area contributed by atoms with Gasteiger partial charge in [0.25, 0.3) is 0 Å². The number of fused-ring (bicyclic) bond motifs is 1. The summed E-state index contributed by atoms with van der Waals surface area (Å²) in [4.78, 5) is 25.4. The number of methoxy groups -OCH3 is 1. The van der Waals surface area contributed by atoms with Crippen LogP contribution in [0.1, 0.15) is 38.3 Å². The summed E-state index contributed by atoms with van der Waals surface area (Å²) < 4.78 is 86.7. The van der Waals surface area contributed by atoms with E-state index < -0.39 is 57.9 Å². The van der Waals surface area contributed by atoms with E-state index >= 15 is 0 Å². The van der Waals surface area contributed by atoms with Crippen molar-refractivity contribution in [3.8, 4) is 22.6 Å². The lowest BCUT2D eigenvalue weighted by Gasteiger charge is -2.36. The molecule has 0 saturated heterocycles. The van der Waals surface area contributed by atoms with Gasteiger partial charge < -0.3 is 19.5 Å². The Hall–Kier alpha value is -4.15. The fourth-order valence-electron chi connectivity index (χ4n) is 4.59. The highest BCUT2D eigenvalue weighted by Gasteiger charge is 2.45. The number of carbonyl (C=O) groups is 2. The molecule has 0 aromatic heterocycles. The molecule has 4 rings (SSSR count). The van der Waals surface area contributed by atoms with E-state index in [0.717, 1.165) is 5.56 Å². The highest BCUT2D eigenvalue weighted by atomic mass is 19.2. The summed E-state index contributed by atoms with van der Waals surface area (Å²) in [6.45, 7) is 5.05. The predicted octanol–water partition coefficient (Wildman–Crippen LogP) is 6.77. The Morgan fingerprint density at radius 3 is 2.12 bits per heavy atom. The van der Waals surface area contributed by atoms with Gasteiger partial charge in [-0.1, -0.05) is 24.3 Å². The van der Waals surface area contributed by atoms with E-state index in [1.165, 1.54) is 31.4 Å². The monoisotopic (exact) mass is 563 g/mol. The number of alkyl carbamates (subject to hydrolysis) is 1. The number of amides is 1. The SMILES string of the molecule is COC(=O)C1(NC(=O)OC(C)(C)C)CCc2ccc(Oc3ccccc3-c3c(F)c(F)c(F)c(F)c3F)cc2C1. The zero-order valence-electron chi connectivity index (χ0n) is 22.1. The van der Waals surface area contributed by atoms with Crippen LogP contribution in [0.2, 0.25) is 0 Å². The highest BCUT2D eigenvalue weighted by molar-refractivity contribution is 5.86. The minimum absolute atomic E-state index is 0.0186. The van der Waals surface area contributed by atoms with E-state index in [2.05, 4.69) is 5.32 Å². The number of hydrogen-bond donors (Lipinski definition) is 1. The van der Waals surface area contributed by atoms with Crippen LogP contribution in [0.15, 0.2) is 42.5 Å². The molecular formula is C29H26F5NO5. The van der Waals surface area contributed by atoms with Gasteiger partial charge in [0.1, 0.15) is 22.6 Å². The largest absolute Gasteiger partial charge is 0.467 e. The van der Waals surface area contributed by atoms with Crippen LogP contribution in [-0.2, 0) is 27.1 Å². The minimum Gasteiger partial charge on any atom is -0.467 e. The van der Waals surface area contributed by atoms with Crippen LogP contribution in [0, 0.1) is 29.1 Å². The zero-order valence-corrected chi connectivity index (χ0v) is 22.1. The number of hydrogen-bond acceptors (Lipinski definition) is 5. The van der Waals surface area contributed by atoms with Crippen molar-refractivity contribution < 1.29 is 45.8 Å². The number of halogens is 5. The molecule has 1 aliphatic rings. The summed E-state index contributed by atoms with van der Waals surface area (Å²) >= 11 is 0. The Morgan fingerprint density at radius 1 is 0.875 bits per heavy atom. The average Bonchev–Trinajstić information content (AvgIpc) is 2.90. The molecule has 3 aromatic rings. The first kappa shape index (κ1) is 28.8. The number of rotatable bonds is 5. The third-order valence-corrected chi connectivity index (χ3v) is 6.40. The molecule has 6 nitrogen and oxygen atoms in total. The molecule has 0 fully saturated rings. The molecule has 40 heavy (non-hydrogen) atoms. The number of benzene rings is 3. The van der Waals surface area contributed by atoms with Gasteiger partial charge in [-0.15, -0.1) is 0 Å². The fourth-order valence-corrected chi connectivity index (χ4v) is 4.59. The molecule has 1 amide bonds. The Bertz CT molecular complexity index is 1460. The lowest BCUT2D eigenvalue weighted by molar-refractivity contribution is -0.149. The van der Waals surface area contributed by atoms with Crippen molar-refractivity contribution in [1.29, 1.82) is 0 Å². The first-order chi connectivity index (χ1) is 18.8. The first-order valence-electron chi connectivity index (χ1n) is 12.3. The van der Waals surface area contributed by atoms with E-state index in [1.807, 2.05) is 0 Å². The van der Waals surface area contributed by atoms with Crippen molar-refractivity contribution in [3.05, 3.63) is 82.7 Å². The molecule has 212 valence electrons. The second-order valence-corrected chi connectivity index (χ2v) is 10.4. The van der Waals surface area contributed by atoms with Gasteiger partial charge in [-0.3, -0.25) is 0 Å². The number of nitrogens with one attached hydrogen (secondary N) is 1. The third-order valence-electron chi connectivity index (χ3n) is 6.40. The Morgan fingerprint density at radius 2 is 1.50 bits per heavy atom. The molecule has 0 aliphatic heterocycles. The fraction of sp³-hybridized carbons (Fsp3) is 0.310. The number of esters is 1. The molecule has 1 N–H and O–H groups in total. The van der Waals surface area contributed by atoms with Crippen LogP contribution >= 0.6 is 0 Å². The molecule has 0 saturated carbocycles. The normalized spacial score (nSPS) is 16.6. The average molecular weight is 564 g/mol. The molecule has 1 atom stereocenters. The first-order valence-corrected chi connectivity index (χ1v) is 12.3. The van der Waals surface area contributed by atoms with Gasteiger partial charge in [0, 0.05) is 12.0 Å². The number of carbonyl (C=O) groups excluding carboxylic acids is 2. The van der Waals surface area contributed by atoms with Gasteiger partial charge >= 0.3 is 12.1 Å². The summed E-state index contributed by atoms with van der Waals surface area (Å²) in [5.41, 5.74) is -2.27. The van der Waals surface area contributed by atoms with Crippen LogP contribution in [0.3, 0.4) is 0 Å². The molecule has 0 radical (unpaired) electrons. The summed E-state index contributed by atoms with van der Waals surface area (Å²) in [6.07, 6.45) is -0.160. The highest BCUT2D eigenvalue weighted by Crippen LogP contribution is 2.40. The number of para-hydroxylation sites is 1. The van der Waals surface area contributed by atoms with Crippen molar-refractivity contribution in [1.82, 2.24) is 5.32 Å². The lowest BCUT2D eigenvalue weighted by atomic mass is 9.78. The summed E-state index contributed by atoms with van der Waals surface area (Å²) in [5, 5.41) is 2.65. The van der Waals surface area contributed by atoms with Gasteiger partial charge in [0.15, 0.2) is 23.3 Å². The van der Waals surface area contributed by atoms with E-state index in [9.17, 15) is 31.5 Å². The van der Waals surface area contributed by atoms with E-state index in [0.29, 0.717) is 12.0 Å². The van der Waals surface area contributed by atoms with Crippen LogP contribution in [0.4, 0.5) is 26.7 Å². The Balaban J connectivity index is 1.69. The number of ether oxygens (including phenoxy) is 3. The maximum Gasteiger partial charge on any atom is 0.408 e. The zero-order chi connectivity index (χ0) is 29.4. The lowest BCUT2D eigenvalue weighted by Crippen LogP contribution is -2.59. The van der Waals surface area contributed by atoms with Crippen LogP contribution in [-0.4, -0.2) is 30.3 Å². The smallest absolute Gasteiger partial charge is 0.408 e. The standard InChI is InChI=1S/C29H26F5NO5/c1-28(2,3)40-27(37)35-29(26(36)38-4)12-11-15-9-10-17(13-16(15)14-29)39-19-8-6-5-7-18(19)20-21(30)23(32)25(34)24(33)22(20)31/h5-10,13H,11-12,14H2,1-4H3,(H,35,37).